The minimum Gasteiger partial charge on any atom is -0.452 e. The van der Waals surface area contributed by atoms with Crippen LogP contribution in [-0.2, 0) is 23.9 Å². The van der Waals surface area contributed by atoms with Gasteiger partial charge in [0, 0.05) is 6.42 Å². The van der Waals surface area contributed by atoms with Gasteiger partial charge in [-0.2, -0.15) is 0 Å². The van der Waals surface area contributed by atoms with E-state index in [4.69, 9.17) is 9.47 Å². The van der Waals surface area contributed by atoms with Crippen molar-refractivity contribution >= 4 is 17.7 Å². The van der Waals surface area contributed by atoms with Crippen LogP contribution in [0.5, 0.6) is 0 Å². The number of unbranched alkanes of at least 4 members (excludes halogenated alkanes) is 11. The molecule has 0 saturated carbocycles. The largest absolute Gasteiger partial charge is 0.452 e. The van der Waals surface area contributed by atoms with Gasteiger partial charge in [0.05, 0.1) is 0 Å². The Bertz CT molecular complexity index is 498. The Morgan fingerprint density at radius 2 is 1.20 bits per heavy atom. The molecule has 0 aliphatic rings. The van der Waals surface area contributed by atoms with Gasteiger partial charge in [0.25, 0.3) is 0 Å². The second-order valence-electron chi connectivity index (χ2n) is 8.16. The fraction of sp³-hybridized carbons (Fsp3) is 0.800. The smallest absolute Gasteiger partial charge is 0.347 e. The van der Waals surface area contributed by atoms with Crippen molar-refractivity contribution in [1.82, 2.24) is 0 Å². The van der Waals surface area contributed by atoms with Crippen LogP contribution in [0, 0.1) is 0 Å². The Morgan fingerprint density at radius 1 is 0.700 bits per heavy atom. The molecule has 0 bridgehead atoms. The van der Waals surface area contributed by atoms with Gasteiger partial charge in [0.2, 0.25) is 0 Å². The van der Waals surface area contributed by atoms with Crippen molar-refractivity contribution in [2.45, 2.75) is 130 Å². The molecule has 0 aliphatic carbocycles. The summed E-state index contributed by atoms with van der Waals surface area (Å²) in [6.07, 6.45) is 18.8. The lowest BCUT2D eigenvalue weighted by molar-refractivity contribution is -0.171. The maximum absolute atomic E-state index is 11.8. The van der Waals surface area contributed by atoms with Gasteiger partial charge in [-0.25, -0.2) is 4.79 Å². The molecule has 5 heteroatoms. The van der Waals surface area contributed by atoms with E-state index < -0.39 is 24.1 Å². The van der Waals surface area contributed by atoms with Crippen LogP contribution in [0.1, 0.15) is 118 Å². The average molecular weight is 425 g/mol. The number of ketones is 1. The molecule has 0 aromatic carbocycles. The molecule has 0 rings (SSSR count). The number of carbonyl (C=O) groups excluding carboxylic acids is 3. The third-order valence-electron chi connectivity index (χ3n) is 5.15. The minimum absolute atomic E-state index is 0.241. The fourth-order valence-electron chi connectivity index (χ4n) is 3.00. The molecule has 0 aliphatic heterocycles. The Balaban J connectivity index is 3.55. The molecule has 174 valence electrons. The monoisotopic (exact) mass is 424 g/mol. The Morgan fingerprint density at radius 3 is 1.73 bits per heavy atom. The van der Waals surface area contributed by atoms with Crippen LogP contribution in [0.3, 0.4) is 0 Å². The first-order valence-electron chi connectivity index (χ1n) is 11.9. The normalized spacial score (nSPS) is 13.2. The summed E-state index contributed by atoms with van der Waals surface area (Å²) >= 11 is 0. The zero-order valence-corrected chi connectivity index (χ0v) is 19.8. The molecular weight excluding hydrogens is 380 g/mol. The maximum Gasteiger partial charge on any atom is 0.347 e. The minimum atomic E-state index is -0.984. The molecular formula is C25H44O5. The summed E-state index contributed by atoms with van der Waals surface area (Å²) in [6, 6.07) is 0. The van der Waals surface area contributed by atoms with Crippen LogP contribution < -0.4 is 0 Å². The van der Waals surface area contributed by atoms with Crippen LogP contribution in [-0.4, -0.2) is 29.9 Å². The van der Waals surface area contributed by atoms with E-state index in [9.17, 15) is 14.4 Å². The van der Waals surface area contributed by atoms with Crippen LogP contribution in [0.4, 0.5) is 0 Å². The molecule has 0 spiro atoms. The number of rotatable bonds is 19. The average Bonchev–Trinajstić information content (AvgIpc) is 2.70. The van der Waals surface area contributed by atoms with Crippen molar-refractivity contribution in [3.05, 3.63) is 12.2 Å². The highest BCUT2D eigenvalue weighted by molar-refractivity contribution is 5.85. The number of esters is 2. The van der Waals surface area contributed by atoms with Crippen molar-refractivity contribution in [2.75, 3.05) is 0 Å². The van der Waals surface area contributed by atoms with Gasteiger partial charge in [-0.05, 0) is 52.9 Å². The topological polar surface area (TPSA) is 69.7 Å². The van der Waals surface area contributed by atoms with E-state index in [2.05, 4.69) is 19.1 Å². The van der Waals surface area contributed by atoms with Gasteiger partial charge in [0.1, 0.15) is 0 Å². The van der Waals surface area contributed by atoms with Crippen molar-refractivity contribution in [2.24, 2.45) is 0 Å². The summed E-state index contributed by atoms with van der Waals surface area (Å²) in [5.41, 5.74) is 0. The zero-order chi connectivity index (χ0) is 22.6. The zero-order valence-electron chi connectivity index (χ0n) is 19.8. The van der Waals surface area contributed by atoms with E-state index in [1.807, 2.05) is 0 Å². The Kier molecular flexibility index (Phi) is 18.3. The lowest BCUT2D eigenvalue weighted by atomic mass is 10.1. The number of carbonyl (C=O) groups is 3. The second kappa shape index (κ2) is 19.3. The van der Waals surface area contributed by atoms with Crippen molar-refractivity contribution in [3.8, 4) is 0 Å². The van der Waals surface area contributed by atoms with E-state index >= 15 is 0 Å². The third-order valence-corrected chi connectivity index (χ3v) is 5.15. The number of Topliss-reactive ketones (excluding diaryl/α,β-unsaturated/α-hetero) is 1. The molecule has 0 aromatic heterocycles. The predicted octanol–water partition coefficient (Wildman–Crippen LogP) is 6.48. The van der Waals surface area contributed by atoms with Crippen LogP contribution in [0.15, 0.2) is 12.2 Å². The molecule has 0 fully saturated rings. The first kappa shape index (κ1) is 28.4. The molecule has 0 saturated heterocycles. The van der Waals surface area contributed by atoms with E-state index in [0.717, 1.165) is 25.7 Å². The van der Waals surface area contributed by atoms with E-state index in [0.29, 0.717) is 6.42 Å². The molecule has 2 atom stereocenters. The van der Waals surface area contributed by atoms with Crippen LogP contribution in [0.25, 0.3) is 0 Å². The van der Waals surface area contributed by atoms with Crippen LogP contribution in [0.2, 0.25) is 0 Å². The molecule has 0 N–H and O–H groups in total. The van der Waals surface area contributed by atoms with E-state index in [1.54, 1.807) is 0 Å². The quantitative estimate of drug-likeness (QED) is 0.135. The lowest BCUT2D eigenvalue weighted by Crippen LogP contribution is -2.31. The Hall–Kier alpha value is -1.65. The highest BCUT2D eigenvalue weighted by Gasteiger charge is 2.22. The molecule has 0 radical (unpaired) electrons. The first-order chi connectivity index (χ1) is 14.4. The summed E-state index contributed by atoms with van der Waals surface area (Å²) < 4.78 is 10.0. The maximum atomic E-state index is 11.8. The summed E-state index contributed by atoms with van der Waals surface area (Å²) in [7, 11) is 0. The predicted molar refractivity (Wildman–Crippen MR) is 121 cm³/mol. The van der Waals surface area contributed by atoms with Gasteiger partial charge in [-0.15, -0.1) is 0 Å². The van der Waals surface area contributed by atoms with E-state index in [-0.39, 0.29) is 5.78 Å². The van der Waals surface area contributed by atoms with Crippen molar-refractivity contribution in [3.63, 3.8) is 0 Å². The van der Waals surface area contributed by atoms with Gasteiger partial charge >= 0.3 is 11.9 Å². The number of hydrogen-bond donors (Lipinski definition) is 0. The first-order valence-corrected chi connectivity index (χ1v) is 11.9. The van der Waals surface area contributed by atoms with Gasteiger partial charge < -0.3 is 9.47 Å². The lowest BCUT2D eigenvalue weighted by Gasteiger charge is -2.15. The molecule has 5 nitrogen and oxygen atoms in total. The van der Waals surface area contributed by atoms with Crippen molar-refractivity contribution < 1.29 is 23.9 Å². The molecule has 0 heterocycles. The summed E-state index contributed by atoms with van der Waals surface area (Å²) in [5, 5.41) is 0. The van der Waals surface area contributed by atoms with Gasteiger partial charge in [-0.3, -0.25) is 9.59 Å². The SMILES string of the molecule is CCCCCCCC/C=C/CCCCCCCC(=O)O[C@H](C)C(=O)O[C@@H](C)C(C)=O. The van der Waals surface area contributed by atoms with Crippen molar-refractivity contribution in [1.29, 1.82) is 0 Å². The highest BCUT2D eigenvalue weighted by atomic mass is 16.6. The summed E-state index contributed by atoms with van der Waals surface area (Å²) in [5.74, 6) is -1.32. The molecule has 30 heavy (non-hydrogen) atoms. The summed E-state index contributed by atoms with van der Waals surface area (Å²) in [6.45, 7) is 6.56. The number of allylic oxidation sites excluding steroid dienone is 2. The van der Waals surface area contributed by atoms with E-state index in [1.165, 1.54) is 78.6 Å². The standard InChI is InChI=1S/C25H44O5/c1-5-6-7-8-9-10-11-12-13-14-15-16-17-18-19-20-24(27)29-23(4)25(28)30-22(3)21(2)26/h12-13,22-23H,5-11,14-20H2,1-4H3/b13-12+/t22-,23+/m0/s1. The van der Waals surface area contributed by atoms with Crippen LogP contribution >= 0.6 is 0 Å². The molecule has 0 unspecified atom stereocenters. The van der Waals surface area contributed by atoms with Gasteiger partial charge in [0.15, 0.2) is 18.0 Å². The fourth-order valence-corrected chi connectivity index (χ4v) is 3.00. The second-order valence-corrected chi connectivity index (χ2v) is 8.16. The Labute approximate surface area is 184 Å². The molecule has 0 aromatic rings. The molecule has 0 amide bonds. The highest BCUT2D eigenvalue weighted by Crippen LogP contribution is 2.11. The third kappa shape index (κ3) is 17.2. The number of hydrogen-bond acceptors (Lipinski definition) is 5. The van der Waals surface area contributed by atoms with Gasteiger partial charge in [-0.1, -0.05) is 70.4 Å². The number of ether oxygens (including phenoxy) is 2. The summed E-state index contributed by atoms with van der Waals surface area (Å²) in [4.78, 5) is 34.7.